The van der Waals surface area contributed by atoms with Gasteiger partial charge in [-0.2, -0.15) is 0 Å². The lowest BCUT2D eigenvalue weighted by Gasteiger charge is -2.24. The van der Waals surface area contributed by atoms with Crippen molar-refractivity contribution in [2.75, 3.05) is 0 Å². The van der Waals surface area contributed by atoms with Crippen molar-refractivity contribution < 1.29 is 4.92 Å². The predicted molar refractivity (Wildman–Crippen MR) is 89.5 cm³/mol. The van der Waals surface area contributed by atoms with Crippen molar-refractivity contribution in [2.24, 2.45) is 0 Å². The van der Waals surface area contributed by atoms with Crippen LogP contribution in [-0.4, -0.2) is 4.92 Å². The van der Waals surface area contributed by atoms with Crippen molar-refractivity contribution in [3.8, 4) is 0 Å². The molecule has 3 nitrogen and oxygen atoms in total. The fourth-order valence-electron chi connectivity index (χ4n) is 3.11. The molecular weight excluding hydrogens is 262 g/mol. The molecule has 3 heteroatoms. The number of hydrogen-bond donors (Lipinski definition) is 0. The first-order chi connectivity index (χ1) is 9.59. The van der Waals surface area contributed by atoms with Gasteiger partial charge < -0.3 is 0 Å². The van der Waals surface area contributed by atoms with Crippen LogP contribution in [0.2, 0.25) is 0 Å². The van der Waals surface area contributed by atoms with Crippen LogP contribution in [0, 0.1) is 10.1 Å². The van der Waals surface area contributed by atoms with Gasteiger partial charge in [0.05, 0.1) is 4.92 Å². The topological polar surface area (TPSA) is 43.1 Å². The van der Waals surface area contributed by atoms with Gasteiger partial charge in [0.25, 0.3) is 5.69 Å². The molecule has 0 saturated heterocycles. The molecule has 0 aliphatic rings. The third-order valence-electron chi connectivity index (χ3n) is 4.02. The zero-order valence-electron chi connectivity index (χ0n) is 14.7. The van der Waals surface area contributed by atoms with E-state index in [1.54, 1.807) is 0 Å². The zero-order valence-corrected chi connectivity index (χ0v) is 14.7. The van der Waals surface area contributed by atoms with E-state index in [-0.39, 0.29) is 16.8 Å². The van der Waals surface area contributed by atoms with Crippen LogP contribution < -0.4 is 0 Å². The van der Waals surface area contributed by atoms with Gasteiger partial charge >= 0.3 is 0 Å². The third kappa shape index (κ3) is 3.45. The Morgan fingerprint density at radius 2 is 1.10 bits per heavy atom. The maximum absolute atomic E-state index is 11.8. The molecule has 0 amide bonds. The van der Waals surface area contributed by atoms with Gasteiger partial charge in [0.2, 0.25) is 0 Å². The highest BCUT2D eigenvalue weighted by atomic mass is 16.6. The van der Waals surface area contributed by atoms with Crippen LogP contribution in [0.1, 0.15) is 101 Å². The van der Waals surface area contributed by atoms with Gasteiger partial charge in [-0.3, -0.25) is 10.1 Å². The Morgan fingerprint density at radius 3 is 1.29 bits per heavy atom. The normalized spacial score (nSPS) is 12.0. The number of benzene rings is 1. The van der Waals surface area contributed by atoms with Crippen LogP contribution in [-0.2, 0) is 0 Å². The summed E-state index contributed by atoms with van der Waals surface area (Å²) in [5, 5.41) is 11.8. The first-order valence-electron chi connectivity index (χ1n) is 7.94. The zero-order chi connectivity index (χ0) is 16.5. The molecule has 0 saturated carbocycles. The molecule has 0 unspecified atom stereocenters. The summed E-state index contributed by atoms with van der Waals surface area (Å²) < 4.78 is 0. The van der Waals surface area contributed by atoms with E-state index in [9.17, 15) is 10.1 Å². The SMILES string of the molecule is CC(C)c1cc(C(C)C)c(C(C)C)c([N+](=O)[O-])c1C(C)C. The van der Waals surface area contributed by atoms with Crippen molar-refractivity contribution in [2.45, 2.75) is 79.1 Å². The molecule has 0 radical (unpaired) electrons. The lowest BCUT2D eigenvalue weighted by molar-refractivity contribution is -0.386. The second-order valence-corrected chi connectivity index (χ2v) is 7.11. The second-order valence-electron chi connectivity index (χ2n) is 7.11. The van der Waals surface area contributed by atoms with Gasteiger partial charge in [-0.1, -0.05) is 61.5 Å². The summed E-state index contributed by atoms with van der Waals surface area (Å²) in [7, 11) is 0. The van der Waals surface area contributed by atoms with Gasteiger partial charge in [0.1, 0.15) is 0 Å². The molecular formula is C18H29NO2. The smallest absolute Gasteiger partial charge is 0.258 e. The molecule has 0 aliphatic heterocycles. The molecule has 1 rings (SSSR count). The van der Waals surface area contributed by atoms with Crippen molar-refractivity contribution in [3.63, 3.8) is 0 Å². The van der Waals surface area contributed by atoms with Crippen molar-refractivity contribution in [1.29, 1.82) is 0 Å². The lowest BCUT2D eigenvalue weighted by atomic mass is 9.80. The first kappa shape index (κ1) is 17.7. The molecule has 0 heterocycles. The van der Waals surface area contributed by atoms with E-state index in [1.165, 1.54) is 0 Å². The molecule has 0 spiro atoms. The van der Waals surface area contributed by atoms with E-state index in [2.05, 4.69) is 33.8 Å². The number of nitrogens with zero attached hydrogens (tertiary/aromatic N) is 1. The van der Waals surface area contributed by atoms with E-state index in [0.717, 1.165) is 22.3 Å². The summed E-state index contributed by atoms with van der Waals surface area (Å²) in [5.41, 5.74) is 4.45. The summed E-state index contributed by atoms with van der Waals surface area (Å²) in [4.78, 5) is 11.6. The van der Waals surface area contributed by atoms with Gasteiger partial charge in [0.15, 0.2) is 0 Å². The fourth-order valence-corrected chi connectivity index (χ4v) is 3.11. The second kappa shape index (κ2) is 6.59. The summed E-state index contributed by atoms with van der Waals surface area (Å²) in [6, 6.07) is 2.22. The molecule has 0 aromatic heterocycles. The number of hydrogen-bond acceptors (Lipinski definition) is 2. The van der Waals surface area contributed by atoms with Crippen LogP contribution in [0.5, 0.6) is 0 Å². The number of nitro groups is 1. The number of rotatable bonds is 5. The van der Waals surface area contributed by atoms with Gasteiger partial charge in [0, 0.05) is 11.1 Å². The Hall–Kier alpha value is -1.38. The van der Waals surface area contributed by atoms with Crippen LogP contribution in [0.3, 0.4) is 0 Å². The van der Waals surface area contributed by atoms with Crippen LogP contribution in [0.4, 0.5) is 5.69 Å². The highest BCUT2D eigenvalue weighted by Crippen LogP contribution is 2.43. The van der Waals surface area contributed by atoms with Gasteiger partial charge in [-0.05, 0) is 34.8 Å². The minimum Gasteiger partial charge on any atom is -0.258 e. The van der Waals surface area contributed by atoms with Crippen LogP contribution >= 0.6 is 0 Å². The summed E-state index contributed by atoms with van der Waals surface area (Å²) in [6.07, 6.45) is 0. The Morgan fingerprint density at radius 1 is 0.762 bits per heavy atom. The third-order valence-corrected chi connectivity index (χ3v) is 4.02. The molecule has 0 bridgehead atoms. The molecule has 21 heavy (non-hydrogen) atoms. The van der Waals surface area contributed by atoms with E-state index in [4.69, 9.17) is 0 Å². The van der Waals surface area contributed by atoms with Crippen molar-refractivity contribution in [3.05, 3.63) is 38.4 Å². The molecule has 0 fully saturated rings. The van der Waals surface area contributed by atoms with Crippen LogP contribution in [0.15, 0.2) is 6.07 Å². The Balaban J connectivity index is 3.94. The Kier molecular flexibility index (Phi) is 5.54. The van der Waals surface area contributed by atoms with E-state index in [0.29, 0.717) is 17.5 Å². The monoisotopic (exact) mass is 291 g/mol. The first-order valence-corrected chi connectivity index (χ1v) is 7.94. The van der Waals surface area contributed by atoms with Gasteiger partial charge in [-0.15, -0.1) is 0 Å². The van der Waals surface area contributed by atoms with Gasteiger partial charge in [-0.25, -0.2) is 0 Å². The summed E-state index contributed by atoms with van der Waals surface area (Å²) in [6.45, 7) is 16.7. The molecule has 1 aromatic rings. The summed E-state index contributed by atoms with van der Waals surface area (Å²) in [5.74, 6) is 0.891. The van der Waals surface area contributed by atoms with E-state index in [1.807, 2.05) is 27.7 Å². The molecule has 118 valence electrons. The Bertz CT molecular complexity index is 490. The van der Waals surface area contributed by atoms with Crippen molar-refractivity contribution in [1.82, 2.24) is 0 Å². The maximum Gasteiger partial charge on any atom is 0.276 e. The summed E-state index contributed by atoms with van der Waals surface area (Å²) >= 11 is 0. The molecule has 1 aromatic carbocycles. The standard InChI is InChI=1S/C18H29NO2/c1-10(2)14-9-15(11(3)4)17(13(7)8)18(19(20)21)16(14)12(5)6/h9-13H,1-8H3. The van der Waals surface area contributed by atoms with Crippen LogP contribution in [0.25, 0.3) is 0 Å². The quantitative estimate of drug-likeness (QED) is 0.486. The predicted octanol–water partition coefficient (Wildman–Crippen LogP) is 6.09. The number of nitro benzene ring substituents is 1. The minimum absolute atomic E-state index is 0.154. The lowest BCUT2D eigenvalue weighted by Crippen LogP contribution is -2.12. The largest absolute Gasteiger partial charge is 0.276 e. The highest BCUT2D eigenvalue weighted by Gasteiger charge is 2.30. The maximum atomic E-state index is 11.8. The van der Waals surface area contributed by atoms with E-state index >= 15 is 0 Å². The highest BCUT2D eigenvalue weighted by molar-refractivity contribution is 5.59. The molecule has 0 atom stereocenters. The van der Waals surface area contributed by atoms with E-state index < -0.39 is 0 Å². The molecule has 0 aliphatic carbocycles. The average molecular weight is 291 g/mol. The Labute approximate surface area is 128 Å². The van der Waals surface area contributed by atoms with Crippen molar-refractivity contribution >= 4 is 5.69 Å². The minimum atomic E-state index is -0.164. The average Bonchev–Trinajstić information content (AvgIpc) is 2.34. The fraction of sp³-hybridized carbons (Fsp3) is 0.667. The molecule has 0 N–H and O–H groups in total.